The molecule has 1 rings (SSSR count). The number of rotatable bonds is 4. The lowest BCUT2D eigenvalue weighted by Gasteiger charge is -2.22. The van der Waals surface area contributed by atoms with Crippen LogP contribution in [0.15, 0.2) is 18.3 Å². The van der Waals surface area contributed by atoms with Gasteiger partial charge in [-0.15, -0.1) is 0 Å². The first-order valence-corrected chi connectivity index (χ1v) is 6.42. The summed E-state index contributed by atoms with van der Waals surface area (Å²) in [5.41, 5.74) is -0.414. The number of nitriles is 1. The average Bonchev–Trinajstić information content (AvgIpc) is 2.42. The molecule has 21 heavy (non-hydrogen) atoms. The summed E-state index contributed by atoms with van der Waals surface area (Å²) in [4.78, 5) is 15.3. The van der Waals surface area contributed by atoms with Crippen LogP contribution in [-0.2, 0) is 4.74 Å². The summed E-state index contributed by atoms with van der Waals surface area (Å²) in [6.45, 7) is 4.92. The quantitative estimate of drug-likeness (QED) is 0.758. The number of pyridine rings is 1. The third kappa shape index (κ3) is 5.38. The van der Waals surface area contributed by atoms with Crippen molar-refractivity contribution >= 4 is 6.09 Å². The molecule has 0 fully saturated rings. The van der Waals surface area contributed by atoms with Gasteiger partial charge in [0.2, 0.25) is 0 Å². The number of hydrogen-bond donors (Lipinski definition) is 3. The van der Waals surface area contributed by atoms with Crippen molar-refractivity contribution in [3.8, 4) is 6.07 Å². The van der Waals surface area contributed by atoms with Crippen LogP contribution >= 0.6 is 0 Å². The molecule has 0 aliphatic rings. The van der Waals surface area contributed by atoms with Crippen LogP contribution in [0.4, 0.5) is 4.79 Å². The number of carbonyl (C=O) groups is 1. The smallest absolute Gasteiger partial charge is 0.407 e. The zero-order chi connectivity index (χ0) is 16.0. The van der Waals surface area contributed by atoms with Crippen molar-refractivity contribution in [2.24, 2.45) is 0 Å². The highest BCUT2D eigenvalue weighted by molar-refractivity contribution is 5.67. The zero-order valence-electron chi connectivity index (χ0n) is 12.2. The van der Waals surface area contributed by atoms with E-state index in [2.05, 4.69) is 10.3 Å². The molecule has 0 aromatic carbocycles. The Morgan fingerprint density at radius 2 is 2.19 bits per heavy atom. The molecule has 0 spiro atoms. The van der Waals surface area contributed by atoms with Crippen LogP contribution in [-0.4, -0.2) is 39.5 Å². The maximum Gasteiger partial charge on any atom is 0.407 e. The molecule has 0 saturated heterocycles. The molecule has 0 aliphatic carbocycles. The van der Waals surface area contributed by atoms with E-state index >= 15 is 0 Å². The van der Waals surface area contributed by atoms with Crippen molar-refractivity contribution in [1.29, 1.82) is 5.26 Å². The summed E-state index contributed by atoms with van der Waals surface area (Å²) >= 11 is 0. The number of nitrogens with zero attached hydrogens (tertiary/aromatic N) is 2. The number of alkyl carbamates (subject to hydrolysis) is 1. The summed E-state index contributed by atoms with van der Waals surface area (Å²) < 4.78 is 5.01. The van der Waals surface area contributed by atoms with Gasteiger partial charge in [-0.25, -0.2) is 4.79 Å². The van der Waals surface area contributed by atoms with E-state index in [-0.39, 0.29) is 17.8 Å². The maximum atomic E-state index is 11.5. The Morgan fingerprint density at radius 1 is 1.52 bits per heavy atom. The number of carbonyl (C=O) groups excluding carboxylic acids is 1. The highest BCUT2D eigenvalue weighted by Crippen LogP contribution is 2.18. The number of nitrogens with one attached hydrogen (secondary N) is 1. The van der Waals surface area contributed by atoms with Gasteiger partial charge in [0.1, 0.15) is 23.9 Å². The van der Waals surface area contributed by atoms with Gasteiger partial charge in [0.15, 0.2) is 0 Å². The molecule has 1 aromatic rings. The Kier molecular flexibility index (Phi) is 5.64. The second-order valence-corrected chi connectivity index (χ2v) is 5.44. The maximum absolute atomic E-state index is 11.5. The molecular formula is C14H19N3O4. The molecule has 114 valence electrons. The third-order valence-electron chi connectivity index (χ3n) is 2.46. The van der Waals surface area contributed by atoms with Gasteiger partial charge < -0.3 is 20.3 Å². The molecule has 1 amide bonds. The Hall–Kier alpha value is -2.17. The van der Waals surface area contributed by atoms with Gasteiger partial charge in [-0.2, -0.15) is 5.26 Å². The molecule has 7 heteroatoms. The van der Waals surface area contributed by atoms with Crippen LogP contribution in [0.2, 0.25) is 0 Å². The Labute approximate surface area is 123 Å². The van der Waals surface area contributed by atoms with Gasteiger partial charge in [0.25, 0.3) is 0 Å². The average molecular weight is 293 g/mol. The number of aliphatic hydroxyl groups excluding tert-OH is 2. The van der Waals surface area contributed by atoms with Crippen LogP contribution in [0.1, 0.15) is 38.1 Å². The Bertz CT molecular complexity index is 534. The molecule has 2 unspecified atom stereocenters. The first kappa shape index (κ1) is 16.9. The summed E-state index contributed by atoms with van der Waals surface area (Å²) in [5.74, 6) is 0. The van der Waals surface area contributed by atoms with E-state index in [1.807, 2.05) is 6.07 Å². The predicted molar refractivity (Wildman–Crippen MR) is 74.2 cm³/mol. The van der Waals surface area contributed by atoms with E-state index in [0.29, 0.717) is 0 Å². The Balaban J connectivity index is 2.62. The second kappa shape index (κ2) is 7.02. The highest BCUT2D eigenvalue weighted by atomic mass is 16.6. The van der Waals surface area contributed by atoms with Crippen molar-refractivity contribution in [1.82, 2.24) is 10.3 Å². The lowest BCUT2D eigenvalue weighted by atomic mass is 10.1. The van der Waals surface area contributed by atoms with Gasteiger partial charge in [-0.05, 0) is 32.9 Å². The second-order valence-electron chi connectivity index (χ2n) is 5.44. The van der Waals surface area contributed by atoms with Crippen molar-refractivity contribution in [2.75, 3.05) is 6.54 Å². The third-order valence-corrected chi connectivity index (χ3v) is 2.46. The largest absolute Gasteiger partial charge is 0.444 e. The molecule has 0 saturated carbocycles. The monoisotopic (exact) mass is 293 g/mol. The fraction of sp³-hybridized carbons (Fsp3) is 0.500. The minimum atomic E-state index is -1.38. The molecule has 1 aromatic heterocycles. The summed E-state index contributed by atoms with van der Waals surface area (Å²) in [5, 5.41) is 31.1. The van der Waals surface area contributed by atoms with E-state index in [1.165, 1.54) is 12.3 Å². The van der Waals surface area contributed by atoms with E-state index in [4.69, 9.17) is 10.00 Å². The van der Waals surface area contributed by atoms with E-state index in [1.54, 1.807) is 26.8 Å². The standard InChI is InChI=1S/C14H19N3O4/c1-14(2,3)21-13(20)17-8-10(18)12(19)11-9(7-15)5-4-6-16-11/h4-6,10,12,18-19H,8H2,1-3H3,(H,17,20). The number of amides is 1. The molecule has 1 heterocycles. The predicted octanol–water partition coefficient (Wildman–Crippen LogP) is 0.872. The minimum Gasteiger partial charge on any atom is -0.444 e. The van der Waals surface area contributed by atoms with Crippen LogP contribution in [0.25, 0.3) is 0 Å². The lowest BCUT2D eigenvalue weighted by molar-refractivity contribution is 0.0107. The van der Waals surface area contributed by atoms with Crippen molar-refractivity contribution in [3.63, 3.8) is 0 Å². The van der Waals surface area contributed by atoms with Gasteiger partial charge >= 0.3 is 6.09 Å². The topological polar surface area (TPSA) is 115 Å². The van der Waals surface area contributed by atoms with Gasteiger partial charge in [-0.1, -0.05) is 0 Å². The number of ether oxygens (including phenoxy) is 1. The highest BCUT2D eigenvalue weighted by Gasteiger charge is 2.24. The molecule has 3 N–H and O–H groups in total. The first-order chi connectivity index (χ1) is 9.74. The van der Waals surface area contributed by atoms with Crippen molar-refractivity contribution in [2.45, 2.75) is 38.6 Å². The van der Waals surface area contributed by atoms with E-state index < -0.39 is 23.9 Å². The van der Waals surface area contributed by atoms with Gasteiger partial charge in [0, 0.05) is 12.7 Å². The molecular weight excluding hydrogens is 274 g/mol. The minimum absolute atomic E-state index is 0.0680. The number of hydrogen-bond acceptors (Lipinski definition) is 6. The van der Waals surface area contributed by atoms with Gasteiger partial charge in [-0.3, -0.25) is 4.98 Å². The van der Waals surface area contributed by atoms with Crippen LogP contribution in [0.5, 0.6) is 0 Å². The molecule has 2 atom stereocenters. The molecule has 0 aliphatic heterocycles. The fourth-order valence-electron chi connectivity index (χ4n) is 1.54. The Morgan fingerprint density at radius 3 is 2.76 bits per heavy atom. The summed E-state index contributed by atoms with van der Waals surface area (Å²) in [6.07, 6.45) is -1.97. The summed E-state index contributed by atoms with van der Waals surface area (Å²) in [6, 6.07) is 4.92. The van der Waals surface area contributed by atoms with Gasteiger partial charge in [0.05, 0.1) is 11.3 Å². The normalized spacial score (nSPS) is 13.9. The molecule has 7 nitrogen and oxygen atoms in total. The van der Waals surface area contributed by atoms with Crippen molar-refractivity contribution in [3.05, 3.63) is 29.6 Å². The zero-order valence-corrected chi connectivity index (χ0v) is 12.2. The van der Waals surface area contributed by atoms with Crippen molar-refractivity contribution < 1.29 is 19.7 Å². The molecule has 0 radical (unpaired) electrons. The van der Waals surface area contributed by atoms with E-state index in [0.717, 1.165) is 0 Å². The van der Waals surface area contributed by atoms with Crippen LogP contribution in [0, 0.1) is 11.3 Å². The number of aliphatic hydroxyl groups is 2. The fourth-order valence-corrected chi connectivity index (χ4v) is 1.54. The summed E-state index contributed by atoms with van der Waals surface area (Å²) in [7, 11) is 0. The molecule has 0 bridgehead atoms. The first-order valence-electron chi connectivity index (χ1n) is 6.42. The van der Waals surface area contributed by atoms with Crippen LogP contribution in [0.3, 0.4) is 0 Å². The number of aromatic nitrogens is 1. The van der Waals surface area contributed by atoms with E-state index in [9.17, 15) is 15.0 Å². The lowest BCUT2D eigenvalue weighted by Crippen LogP contribution is -2.39. The SMILES string of the molecule is CC(C)(C)OC(=O)NCC(O)C(O)c1ncccc1C#N. The van der Waals surface area contributed by atoms with Crippen LogP contribution < -0.4 is 5.32 Å².